The number of hydrogen-bond acceptors (Lipinski definition) is 3. The van der Waals surface area contributed by atoms with Crippen molar-refractivity contribution < 1.29 is 19.4 Å². The third-order valence-electron chi connectivity index (χ3n) is 2.79. The molecule has 1 aromatic rings. The van der Waals surface area contributed by atoms with Crippen molar-refractivity contribution in [3.05, 3.63) is 29.8 Å². The second-order valence-electron chi connectivity index (χ2n) is 4.29. The molecule has 19 heavy (non-hydrogen) atoms. The summed E-state index contributed by atoms with van der Waals surface area (Å²) in [5.41, 5.74) is 0.550. The maximum absolute atomic E-state index is 11.3. The SMILES string of the molecule is CCCOc1ccc(C(C(=O)O)N(C)C(C)=O)cc1. The smallest absolute Gasteiger partial charge is 0.331 e. The fourth-order valence-corrected chi connectivity index (χ4v) is 1.68. The molecule has 0 saturated heterocycles. The Bertz CT molecular complexity index is 441. The lowest BCUT2D eigenvalue weighted by atomic mass is 10.1. The van der Waals surface area contributed by atoms with Crippen LogP contribution in [0.15, 0.2) is 24.3 Å². The van der Waals surface area contributed by atoms with E-state index in [2.05, 4.69) is 0 Å². The van der Waals surface area contributed by atoms with E-state index in [1.54, 1.807) is 24.3 Å². The first-order chi connectivity index (χ1) is 8.97. The highest BCUT2D eigenvalue weighted by Crippen LogP contribution is 2.22. The van der Waals surface area contributed by atoms with Gasteiger partial charge in [-0.2, -0.15) is 0 Å². The number of nitrogens with zero attached hydrogens (tertiary/aromatic N) is 1. The lowest BCUT2D eigenvalue weighted by molar-refractivity contribution is -0.148. The molecule has 0 fully saturated rings. The number of amides is 1. The first-order valence-electron chi connectivity index (χ1n) is 6.16. The molecule has 104 valence electrons. The lowest BCUT2D eigenvalue weighted by Gasteiger charge is -2.24. The van der Waals surface area contributed by atoms with Crippen LogP contribution in [0.1, 0.15) is 31.9 Å². The maximum Gasteiger partial charge on any atom is 0.331 e. The second-order valence-corrected chi connectivity index (χ2v) is 4.29. The Morgan fingerprint density at radius 3 is 2.32 bits per heavy atom. The predicted molar refractivity (Wildman–Crippen MR) is 71.0 cm³/mol. The molecule has 0 radical (unpaired) electrons. The molecule has 1 aromatic carbocycles. The van der Waals surface area contributed by atoms with E-state index in [-0.39, 0.29) is 5.91 Å². The Labute approximate surface area is 112 Å². The van der Waals surface area contributed by atoms with Crippen LogP contribution in [0.2, 0.25) is 0 Å². The molecule has 5 nitrogen and oxygen atoms in total. The second kappa shape index (κ2) is 6.78. The monoisotopic (exact) mass is 265 g/mol. The quantitative estimate of drug-likeness (QED) is 0.855. The molecule has 1 atom stereocenters. The van der Waals surface area contributed by atoms with Crippen LogP contribution in [0, 0.1) is 0 Å². The third kappa shape index (κ3) is 3.98. The Kier molecular flexibility index (Phi) is 5.36. The van der Waals surface area contributed by atoms with E-state index in [0.717, 1.165) is 6.42 Å². The number of hydrogen-bond donors (Lipinski definition) is 1. The van der Waals surface area contributed by atoms with Crippen molar-refractivity contribution in [2.75, 3.05) is 13.7 Å². The van der Waals surface area contributed by atoms with Gasteiger partial charge >= 0.3 is 5.97 Å². The van der Waals surface area contributed by atoms with Crippen LogP contribution in [0.4, 0.5) is 0 Å². The summed E-state index contributed by atoms with van der Waals surface area (Å²) in [6, 6.07) is 5.80. The summed E-state index contributed by atoms with van der Waals surface area (Å²) in [6.45, 7) is 3.97. The minimum atomic E-state index is -1.06. The van der Waals surface area contributed by atoms with Crippen molar-refractivity contribution in [3.63, 3.8) is 0 Å². The molecule has 5 heteroatoms. The average molecular weight is 265 g/mol. The Hall–Kier alpha value is -2.04. The summed E-state index contributed by atoms with van der Waals surface area (Å²) in [5, 5.41) is 9.23. The van der Waals surface area contributed by atoms with Gasteiger partial charge in [-0.05, 0) is 24.1 Å². The molecule has 1 amide bonds. The highest BCUT2D eigenvalue weighted by atomic mass is 16.5. The zero-order valence-corrected chi connectivity index (χ0v) is 11.4. The van der Waals surface area contributed by atoms with E-state index in [4.69, 9.17) is 4.74 Å². The van der Waals surface area contributed by atoms with Crippen molar-refractivity contribution in [2.24, 2.45) is 0 Å². The summed E-state index contributed by atoms with van der Waals surface area (Å²) in [7, 11) is 1.47. The van der Waals surface area contributed by atoms with Gasteiger partial charge in [0.1, 0.15) is 5.75 Å². The Morgan fingerprint density at radius 2 is 1.89 bits per heavy atom. The fourth-order valence-electron chi connectivity index (χ4n) is 1.68. The first-order valence-corrected chi connectivity index (χ1v) is 6.16. The fraction of sp³-hybridized carbons (Fsp3) is 0.429. The van der Waals surface area contributed by atoms with Crippen molar-refractivity contribution in [1.82, 2.24) is 4.90 Å². The number of ether oxygens (including phenoxy) is 1. The first kappa shape index (κ1) is 15.0. The number of rotatable bonds is 6. The molecule has 0 spiro atoms. The Balaban J connectivity index is 2.92. The number of aliphatic carboxylic acids is 1. The van der Waals surface area contributed by atoms with Crippen LogP contribution >= 0.6 is 0 Å². The van der Waals surface area contributed by atoms with Gasteiger partial charge in [-0.3, -0.25) is 4.79 Å². The molecule has 1 N–H and O–H groups in total. The highest BCUT2D eigenvalue weighted by Gasteiger charge is 2.26. The van der Waals surface area contributed by atoms with E-state index in [1.165, 1.54) is 18.9 Å². The van der Waals surface area contributed by atoms with E-state index < -0.39 is 12.0 Å². The van der Waals surface area contributed by atoms with Crippen molar-refractivity contribution in [2.45, 2.75) is 26.3 Å². The molecular formula is C14H19NO4. The van der Waals surface area contributed by atoms with Gasteiger partial charge in [0.05, 0.1) is 6.61 Å². The summed E-state index contributed by atoms with van der Waals surface area (Å²) in [6.07, 6.45) is 0.909. The van der Waals surface area contributed by atoms with Crippen molar-refractivity contribution in [3.8, 4) is 5.75 Å². The average Bonchev–Trinajstić information content (AvgIpc) is 2.37. The van der Waals surface area contributed by atoms with Gasteiger partial charge in [0.25, 0.3) is 0 Å². The molecule has 0 aliphatic heterocycles. The Morgan fingerprint density at radius 1 is 1.32 bits per heavy atom. The number of likely N-dealkylation sites (N-methyl/N-ethyl adjacent to an activating group) is 1. The molecule has 0 bridgehead atoms. The lowest BCUT2D eigenvalue weighted by Crippen LogP contribution is -2.34. The number of benzene rings is 1. The topological polar surface area (TPSA) is 66.8 Å². The van der Waals surface area contributed by atoms with Crippen LogP contribution in [-0.2, 0) is 9.59 Å². The molecule has 0 saturated carbocycles. The zero-order valence-electron chi connectivity index (χ0n) is 11.4. The molecular weight excluding hydrogens is 246 g/mol. The summed E-state index contributed by atoms with van der Waals surface area (Å²) < 4.78 is 5.43. The van der Waals surface area contributed by atoms with Crippen LogP contribution in [-0.4, -0.2) is 35.5 Å². The van der Waals surface area contributed by atoms with Gasteiger partial charge < -0.3 is 14.7 Å². The van der Waals surface area contributed by atoms with Crippen molar-refractivity contribution >= 4 is 11.9 Å². The van der Waals surface area contributed by atoms with Crippen LogP contribution < -0.4 is 4.74 Å². The highest BCUT2D eigenvalue weighted by molar-refractivity contribution is 5.83. The van der Waals surface area contributed by atoms with Gasteiger partial charge in [0.2, 0.25) is 5.91 Å². The minimum absolute atomic E-state index is 0.293. The van der Waals surface area contributed by atoms with Gasteiger partial charge in [0, 0.05) is 14.0 Å². The largest absolute Gasteiger partial charge is 0.494 e. The van der Waals surface area contributed by atoms with Gasteiger partial charge in [-0.25, -0.2) is 4.79 Å². The molecule has 1 unspecified atom stereocenters. The van der Waals surface area contributed by atoms with Crippen LogP contribution in [0.25, 0.3) is 0 Å². The van der Waals surface area contributed by atoms with E-state index in [1.807, 2.05) is 6.92 Å². The van der Waals surface area contributed by atoms with E-state index in [0.29, 0.717) is 17.9 Å². The van der Waals surface area contributed by atoms with Gasteiger partial charge in [-0.15, -0.1) is 0 Å². The minimum Gasteiger partial charge on any atom is -0.494 e. The van der Waals surface area contributed by atoms with Crippen LogP contribution in [0.3, 0.4) is 0 Å². The predicted octanol–water partition coefficient (Wildman–Crippen LogP) is 2.08. The standard InChI is InChI=1S/C14H19NO4/c1-4-9-19-12-7-5-11(6-8-12)13(14(17)18)15(3)10(2)16/h5-8,13H,4,9H2,1-3H3,(H,17,18). The molecule has 0 heterocycles. The summed E-state index contributed by atoms with van der Waals surface area (Å²) in [5.74, 6) is -0.654. The molecule has 1 rings (SSSR count). The van der Waals surface area contributed by atoms with E-state index in [9.17, 15) is 14.7 Å². The third-order valence-corrected chi connectivity index (χ3v) is 2.79. The van der Waals surface area contributed by atoms with Crippen molar-refractivity contribution in [1.29, 1.82) is 0 Å². The normalized spacial score (nSPS) is 11.7. The number of carboxylic acids is 1. The molecule has 0 aliphatic carbocycles. The van der Waals surface area contributed by atoms with Crippen LogP contribution in [0.5, 0.6) is 5.75 Å². The molecule has 0 aliphatic rings. The number of carbonyl (C=O) groups is 2. The molecule has 0 aromatic heterocycles. The number of carboxylic acid groups (broad SMARTS) is 1. The summed E-state index contributed by atoms with van der Waals surface area (Å²) in [4.78, 5) is 23.8. The van der Waals surface area contributed by atoms with E-state index >= 15 is 0 Å². The summed E-state index contributed by atoms with van der Waals surface area (Å²) >= 11 is 0. The van der Waals surface area contributed by atoms with Gasteiger partial charge in [0.15, 0.2) is 6.04 Å². The maximum atomic E-state index is 11.3. The van der Waals surface area contributed by atoms with Gasteiger partial charge in [-0.1, -0.05) is 19.1 Å². The number of carbonyl (C=O) groups excluding carboxylic acids is 1. The zero-order chi connectivity index (χ0) is 14.4.